The quantitative estimate of drug-likeness (QED) is 0.745. The van der Waals surface area contributed by atoms with Gasteiger partial charge in [-0.05, 0) is 24.1 Å². The molecule has 0 spiro atoms. The molecule has 0 saturated carbocycles. The van der Waals surface area contributed by atoms with Gasteiger partial charge in [-0.15, -0.1) is 0 Å². The van der Waals surface area contributed by atoms with Gasteiger partial charge in [-0.2, -0.15) is 0 Å². The van der Waals surface area contributed by atoms with Crippen LogP contribution >= 0.6 is 0 Å². The lowest BCUT2D eigenvalue weighted by molar-refractivity contribution is -0.114. The van der Waals surface area contributed by atoms with Gasteiger partial charge >= 0.3 is 0 Å². The van der Waals surface area contributed by atoms with E-state index in [1.165, 1.54) is 13.0 Å². The molecule has 0 atom stereocenters. The standard InChI is InChI=1S/C10H12FNO/c1-3-8-4-5-9(11)10(6-8)12-7(2)13/h4-6H,3H2,1-2H3,(H,12,13). The summed E-state index contributed by atoms with van der Waals surface area (Å²) in [7, 11) is 0. The van der Waals surface area contributed by atoms with E-state index in [2.05, 4.69) is 5.32 Å². The summed E-state index contributed by atoms with van der Waals surface area (Å²) in [6, 6.07) is 4.72. The van der Waals surface area contributed by atoms with Gasteiger partial charge in [0.1, 0.15) is 5.82 Å². The minimum absolute atomic E-state index is 0.256. The maximum atomic E-state index is 13.1. The number of hydrogen-bond donors (Lipinski definition) is 1. The molecule has 3 heteroatoms. The second-order valence-corrected chi connectivity index (χ2v) is 2.85. The van der Waals surface area contributed by atoms with Crippen molar-refractivity contribution in [2.45, 2.75) is 20.3 Å². The molecule has 0 heterocycles. The Bertz CT molecular complexity index is 323. The average molecular weight is 181 g/mol. The third-order valence-corrected chi connectivity index (χ3v) is 1.75. The number of rotatable bonds is 2. The second kappa shape index (κ2) is 4.03. The van der Waals surface area contributed by atoms with Gasteiger partial charge in [-0.3, -0.25) is 4.79 Å². The molecular weight excluding hydrogens is 169 g/mol. The highest BCUT2D eigenvalue weighted by Crippen LogP contribution is 2.16. The Morgan fingerprint density at radius 1 is 1.54 bits per heavy atom. The highest BCUT2D eigenvalue weighted by atomic mass is 19.1. The average Bonchev–Trinajstić information content (AvgIpc) is 2.08. The summed E-state index contributed by atoms with van der Waals surface area (Å²) in [5.41, 5.74) is 1.26. The fraction of sp³-hybridized carbons (Fsp3) is 0.300. The van der Waals surface area contributed by atoms with Crippen LogP contribution in [0.25, 0.3) is 0 Å². The smallest absolute Gasteiger partial charge is 0.221 e. The lowest BCUT2D eigenvalue weighted by atomic mass is 10.1. The molecule has 70 valence electrons. The van der Waals surface area contributed by atoms with Gasteiger partial charge in [-0.1, -0.05) is 13.0 Å². The number of carbonyl (C=O) groups is 1. The van der Waals surface area contributed by atoms with Gasteiger partial charge in [0.05, 0.1) is 5.69 Å². The first kappa shape index (κ1) is 9.71. The molecule has 2 nitrogen and oxygen atoms in total. The Balaban J connectivity index is 2.96. The van der Waals surface area contributed by atoms with Crippen molar-refractivity contribution >= 4 is 11.6 Å². The summed E-state index contributed by atoms with van der Waals surface area (Å²) in [4.78, 5) is 10.7. The zero-order chi connectivity index (χ0) is 9.84. The Hall–Kier alpha value is -1.38. The van der Waals surface area contributed by atoms with Crippen LogP contribution in [0.15, 0.2) is 18.2 Å². The molecule has 0 aromatic heterocycles. The lowest BCUT2D eigenvalue weighted by Crippen LogP contribution is -2.07. The highest BCUT2D eigenvalue weighted by molar-refractivity contribution is 5.88. The molecule has 1 aromatic rings. The van der Waals surface area contributed by atoms with Crippen LogP contribution in [0.4, 0.5) is 10.1 Å². The largest absolute Gasteiger partial charge is 0.324 e. The van der Waals surface area contributed by atoms with Gasteiger partial charge in [-0.25, -0.2) is 4.39 Å². The van der Waals surface area contributed by atoms with Gasteiger partial charge in [0.2, 0.25) is 5.91 Å². The Morgan fingerprint density at radius 3 is 2.77 bits per heavy atom. The summed E-state index contributed by atoms with van der Waals surface area (Å²) >= 11 is 0. The molecule has 1 amide bonds. The number of aryl methyl sites for hydroxylation is 1. The molecule has 1 aromatic carbocycles. The predicted molar refractivity (Wildman–Crippen MR) is 50.1 cm³/mol. The number of anilines is 1. The van der Waals surface area contributed by atoms with E-state index in [0.29, 0.717) is 0 Å². The molecule has 0 bridgehead atoms. The normalized spacial score (nSPS) is 9.77. The minimum atomic E-state index is -0.396. The molecule has 13 heavy (non-hydrogen) atoms. The van der Waals surface area contributed by atoms with Crippen molar-refractivity contribution in [3.63, 3.8) is 0 Å². The number of carbonyl (C=O) groups excluding carboxylic acids is 1. The van der Waals surface area contributed by atoms with Gasteiger partial charge in [0.15, 0.2) is 0 Å². The topological polar surface area (TPSA) is 29.1 Å². The second-order valence-electron chi connectivity index (χ2n) is 2.85. The molecule has 0 radical (unpaired) electrons. The Morgan fingerprint density at radius 2 is 2.23 bits per heavy atom. The van der Waals surface area contributed by atoms with E-state index in [1.54, 1.807) is 12.1 Å². The minimum Gasteiger partial charge on any atom is -0.324 e. The molecular formula is C10H12FNO. The first-order valence-corrected chi connectivity index (χ1v) is 4.19. The highest BCUT2D eigenvalue weighted by Gasteiger charge is 2.03. The van der Waals surface area contributed by atoms with Crippen LogP contribution in [0.1, 0.15) is 19.4 Å². The molecule has 1 rings (SSSR count). The lowest BCUT2D eigenvalue weighted by Gasteiger charge is -2.05. The number of nitrogens with one attached hydrogen (secondary N) is 1. The maximum Gasteiger partial charge on any atom is 0.221 e. The van der Waals surface area contributed by atoms with Crippen LogP contribution in [0.3, 0.4) is 0 Å². The van der Waals surface area contributed by atoms with Gasteiger partial charge in [0, 0.05) is 6.92 Å². The summed E-state index contributed by atoms with van der Waals surface area (Å²) in [6.07, 6.45) is 0.826. The van der Waals surface area contributed by atoms with E-state index >= 15 is 0 Å². The van der Waals surface area contributed by atoms with Crippen molar-refractivity contribution in [2.75, 3.05) is 5.32 Å². The van der Waals surface area contributed by atoms with E-state index in [0.717, 1.165) is 12.0 Å². The van der Waals surface area contributed by atoms with Crippen molar-refractivity contribution in [2.24, 2.45) is 0 Å². The van der Waals surface area contributed by atoms with Crippen LogP contribution in [0.5, 0.6) is 0 Å². The van der Waals surface area contributed by atoms with E-state index < -0.39 is 5.82 Å². The summed E-state index contributed by atoms with van der Waals surface area (Å²) < 4.78 is 13.1. The van der Waals surface area contributed by atoms with Crippen molar-refractivity contribution in [3.8, 4) is 0 Å². The third kappa shape index (κ3) is 2.54. The first-order chi connectivity index (χ1) is 6.13. The molecule has 1 N–H and O–H groups in total. The van der Waals surface area contributed by atoms with E-state index in [-0.39, 0.29) is 11.6 Å². The first-order valence-electron chi connectivity index (χ1n) is 4.19. The number of hydrogen-bond acceptors (Lipinski definition) is 1. The fourth-order valence-electron chi connectivity index (χ4n) is 1.08. The summed E-state index contributed by atoms with van der Waals surface area (Å²) in [5, 5.41) is 2.43. The monoisotopic (exact) mass is 181 g/mol. The van der Waals surface area contributed by atoms with Crippen LogP contribution in [-0.2, 0) is 11.2 Å². The van der Waals surface area contributed by atoms with E-state index in [9.17, 15) is 9.18 Å². The van der Waals surface area contributed by atoms with Gasteiger partial charge < -0.3 is 5.32 Å². The van der Waals surface area contributed by atoms with E-state index in [4.69, 9.17) is 0 Å². The molecule has 0 fully saturated rings. The van der Waals surface area contributed by atoms with Crippen LogP contribution in [-0.4, -0.2) is 5.91 Å². The number of benzene rings is 1. The SMILES string of the molecule is CCc1ccc(F)c(NC(C)=O)c1. The Kier molecular flexibility index (Phi) is 3.01. The van der Waals surface area contributed by atoms with Crippen molar-refractivity contribution in [1.29, 1.82) is 0 Å². The summed E-state index contributed by atoms with van der Waals surface area (Å²) in [5.74, 6) is -0.653. The maximum absolute atomic E-state index is 13.1. The number of amides is 1. The van der Waals surface area contributed by atoms with E-state index in [1.807, 2.05) is 6.92 Å². The zero-order valence-corrected chi connectivity index (χ0v) is 7.73. The zero-order valence-electron chi connectivity index (χ0n) is 7.73. The Labute approximate surface area is 76.8 Å². The van der Waals surface area contributed by atoms with Crippen LogP contribution < -0.4 is 5.32 Å². The van der Waals surface area contributed by atoms with Crippen molar-refractivity contribution in [3.05, 3.63) is 29.6 Å². The summed E-state index contributed by atoms with van der Waals surface area (Å²) in [6.45, 7) is 3.34. The molecule has 0 aliphatic carbocycles. The van der Waals surface area contributed by atoms with Crippen molar-refractivity contribution < 1.29 is 9.18 Å². The van der Waals surface area contributed by atoms with Crippen LogP contribution in [0, 0.1) is 5.82 Å². The molecule has 0 aliphatic rings. The molecule has 0 saturated heterocycles. The molecule has 0 aliphatic heterocycles. The number of halogens is 1. The van der Waals surface area contributed by atoms with Crippen LogP contribution in [0.2, 0.25) is 0 Å². The van der Waals surface area contributed by atoms with Gasteiger partial charge in [0.25, 0.3) is 0 Å². The fourth-order valence-corrected chi connectivity index (χ4v) is 1.08. The third-order valence-electron chi connectivity index (χ3n) is 1.75. The predicted octanol–water partition coefficient (Wildman–Crippen LogP) is 2.35. The van der Waals surface area contributed by atoms with Crippen molar-refractivity contribution in [1.82, 2.24) is 0 Å². The molecule has 0 unspecified atom stereocenters.